The molecule has 0 aliphatic carbocycles. The van der Waals surface area contributed by atoms with E-state index in [2.05, 4.69) is 0 Å². The molecule has 0 radical (unpaired) electrons. The molecule has 0 aromatic heterocycles. The number of amides is 2. The Bertz CT molecular complexity index is 690. The summed E-state index contributed by atoms with van der Waals surface area (Å²) in [6, 6.07) is 5.79. The van der Waals surface area contributed by atoms with Crippen LogP contribution in [0.4, 0.5) is 0 Å². The zero-order valence-electron chi connectivity index (χ0n) is 15.3. The fourth-order valence-electron chi connectivity index (χ4n) is 4.49. The van der Waals surface area contributed by atoms with Crippen molar-refractivity contribution in [1.29, 1.82) is 0 Å². The van der Waals surface area contributed by atoms with Gasteiger partial charge in [-0.1, -0.05) is 6.07 Å². The summed E-state index contributed by atoms with van der Waals surface area (Å²) < 4.78 is 17.0. The number of ether oxygens (including phenoxy) is 3. The molecular weight excluding hydrogens is 334 g/mol. The Morgan fingerprint density at radius 3 is 2.23 bits per heavy atom. The Morgan fingerprint density at radius 1 is 1.00 bits per heavy atom. The van der Waals surface area contributed by atoms with Gasteiger partial charge in [0.05, 0.1) is 37.3 Å². The van der Waals surface area contributed by atoms with Gasteiger partial charge < -0.3 is 14.2 Å². The number of carbonyl (C=O) groups is 2. The lowest BCUT2D eigenvalue weighted by Crippen LogP contribution is -2.35. The van der Waals surface area contributed by atoms with Crippen molar-refractivity contribution in [2.75, 3.05) is 19.8 Å². The first-order valence-electron chi connectivity index (χ1n) is 9.53. The van der Waals surface area contributed by atoms with Crippen LogP contribution in [-0.2, 0) is 20.7 Å². The standard InChI is InChI=1S/C20H25NO5/c1-3-24-13-6-5-12(11-16(13)25-4-2)9-10-21-19(22)17-14-7-8-15(26-14)18(17)20(21)23/h5-6,11,14-15,17-18H,3-4,7-10H2,1-2H3/t14-,15+,17-,18-/m0/s1. The Labute approximate surface area is 153 Å². The molecule has 1 aromatic carbocycles. The minimum atomic E-state index is -0.249. The van der Waals surface area contributed by atoms with E-state index in [1.807, 2.05) is 32.0 Å². The molecule has 0 N–H and O–H groups in total. The van der Waals surface area contributed by atoms with Gasteiger partial charge in [-0.2, -0.15) is 0 Å². The first-order valence-corrected chi connectivity index (χ1v) is 9.53. The molecule has 3 saturated heterocycles. The van der Waals surface area contributed by atoms with Gasteiger partial charge in [0.2, 0.25) is 11.8 Å². The maximum absolute atomic E-state index is 12.7. The fraction of sp³-hybridized carbons (Fsp3) is 0.600. The smallest absolute Gasteiger partial charge is 0.235 e. The summed E-state index contributed by atoms with van der Waals surface area (Å²) in [4.78, 5) is 26.8. The predicted octanol–water partition coefficient (Wildman–Crippen LogP) is 2.19. The third-order valence-corrected chi connectivity index (χ3v) is 5.61. The number of benzene rings is 1. The molecule has 3 fully saturated rings. The summed E-state index contributed by atoms with van der Waals surface area (Å²) in [7, 11) is 0. The number of likely N-dealkylation sites (tertiary alicyclic amines) is 1. The summed E-state index contributed by atoms with van der Waals surface area (Å²) in [5.74, 6) is 0.816. The summed E-state index contributed by atoms with van der Waals surface area (Å²) >= 11 is 0. The van der Waals surface area contributed by atoms with Gasteiger partial charge in [0.25, 0.3) is 0 Å². The van der Waals surface area contributed by atoms with Crippen LogP contribution < -0.4 is 9.47 Å². The third kappa shape index (κ3) is 2.76. The topological polar surface area (TPSA) is 65.1 Å². The second-order valence-corrected chi connectivity index (χ2v) is 7.07. The van der Waals surface area contributed by atoms with Crippen molar-refractivity contribution in [3.63, 3.8) is 0 Å². The summed E-state index contributed by atoms with van der Waals surface area (Å²) in [6.45, 7) is 5.40. The summed E-state index contributed by atoms with van der Waals surface area (Å²) in [5.41, 5.74) is 1.02. The van der Waals surface area contributed by atoms with Crippen LogP contribution in [0.2, 0.25) is 0 Å². The van der Waals surface area contributed by atoms with Crippen LogP contribution in [0.1, 0.15) is 32.3 Å². The highest BCUT2D eigenvalue weighted by molar-refractivity contribution is 6.06. The second-order valence-electron chi connectivity index (χ2n) is 7.07. The Balaban J connectivity index is 1.45. The monoisotopic (exact) mass is 359 g/mol. The molecule has 1 aromatic rings. The number of carbonyl (C=O) groups excluding carboxylic acids is 2. The minimum absolute atomic E-state index is 0.0526. The molecule has 6 heteroatoms. The van der Waals surface area contributed by atoms with E-state index >= 15 is 0 Å². The molecule has 0 saturated carbocycles. The van der Waals surface area contributed by atoms with E-state index < -0.39 is 0 Å². The number of nitrogens with zero attached hydrogens (tertiary/aromatic N) is 1. The first-order chi connectivity index (χ1) is 12.6. The lowest BCUT2D eigenvalue weighted by molar-refractivity contribution is -0.142. The van der Waals surface area contributed by atoms with Crippen molar-refractivity contribution >= 4 is 11.8 Å². The van der Waals surface area contributed by atoms with Gasteiger partial charge in [0.1, 0.15) is 0 Å². The lowest BCUT2D eigenvalue weighted by atomic mass is 9.81. The normalized spacial score (nSPS) is 29.4. The highest BCUT2D eigenvalue weighted by Gasteiger charge is 2.62. The molecule has 0 unspecified atom stereocenters. The highest BCUT2D eigenvalue weighted by Crippen LogP contribution is 2.48. The van der Waals surface area contributed by atoms with Gasteiger partial charge in [0.15, 0.2) is 11.5 Å². The van der Waals surface area contributed by atoms with Crippen LogP contribution in [0.15, 0.2) is 18.2 Å². The Morgan fingerprint density at radius 2 is 1.62 bits per heavy atom. The zero-order chi connectivity index (χ0) is 18.3. The second kappa shape index (κ2) is 6.91. The largest absolute Gasteiger partial charge is 0.490 e. The number of fused-ring (bicyclic) bond motifs is 5. The van der Waals surface area contributed by atoms with Crippen LogP contribution in [0.3, 0.4) is 0 Å². The molecule has 4 rings (SSSR count). The summed E-state index contributed by atoms with van der Waals surface area (Å²) in [6.07, 6.45) is 2.30. The Kier molecular flexibility index (Phi) is 4.61. The minimum Gasteiger partial charge on any atom is -0.490 e. The van der Waals surface area contributed by atoms with Gasteiger partial charge >= 0.3 is 0 Å². The van der Waals surface area contributed by atoms with Gasteiger partial charge in [0, 0.05) is 6.54 Å². The molecular formula is C20H25NO5. The van der Waals surface area contributed by atoms with E-state index in [1.54, 1.807) is 0 Å². The average Bonchev–Trinajstić information content (AvgIpc) is 3.30. The predicted molar refractivity (Wildman–Crippen MR) is 94.1 cm³/mol. The molecule has 140 valence electrons. The lowest BCUT2D eigenvalue weighted by Gasteiger charge is -2.18. The molecule has 2 bridgehead atoms. The highest BCUT2D eigenvalue weighted by atomic mass is 16.5. The van der Waals surface area contributed by atoms with Gasteiger partial charge in [-0.25, -0.2) is 0 Å². The molecule has 26 heavy (non-hydrogen) atoms. The van der Waals surface area contributed by atoms with Crippen molar-refractivity contribution in [2.45, 2.75) is 45.3 Å². The Hall–Kier alpha value is -2.08. The zero-order valence-corrected chi connectivity index (χ0v) is 15.3. The van der Waals surface area contributed by atoms with E-state index in [-0.39, 0.29) is 35.9 Å². The van der Waals surface area contributed by atoms with Crippen LogP contribution >= 0.6 is 0 Å². The average molecular weight is 359 g/mol. The van der Waals surface area contributed by atoms with Gasteiger partial charge in [-0.15, -0.1) is 0 Å². The van der Waals surface area contributed by atoms with Gasteiger partial charge in [-0.3, -0.25) is 14.5 Å². The number of rotatable bonds is 7. The molecule has 3 aliphatic rings. The first kappa shape index (κ1) is 17.3. The molecule has 2 amide bonds. The SMILES string of the molecule is CCOc1ccc(CCN2C(=O)[C@@H]3[C@@H](C2=O)[C@H]2CC[C@@H]3O2)cc1OCC. The molecule has 3 aliphatic heterocycles. The van der Waals surface area contributed by atoms with Crippen LogP contribution in [0, 0.1) is 11.8 Å². The van der Waals surface area contributed by atoms with E-state index in [0.29, 0.717) is 31.9 Å². The molecule has 0 spiro atoms. The van der Waals surface area contributed by atoms with Crippen molar-refractivity contribution in [2.24, 2.45) is 11.8 Å². The molecule has 6 nitrogen and oxygen atoms in total. The number of imide groups is 1. The number of hydrogen-bond donors (Lipinski definition) is 0. The van der Waals surface area contributed by atoms with Crippen molar-refractivity contribution < 1.29 is 23.8 Å². The fourth-order valence-corrected chi connectivity index (χ4v) is 4.49. The molecule has 4 atom stereocenters. The van der Waals surface area contributed by atoms with Crippen molar-refractivity contribution in [3.8, 4) is 11.5 Å². The number of hydrogen-bond acceptors (Lipinski definition) is 5. The van der Waals surface area contributed by atoms with E-state index in [1.165, 1.54) is 4.90 Å². The van der Waals surface area contributed by atoms with Gasteiger partial charge in [-0.05, 0) is 50.8 Å². The van der Waals surface area contributed by atoms with E-state index in [9.17, 15) is 9.59 Å². The third-order valence-electron chi connectivity index (χ3n) is 5.61. The van der Waals surface area contributed by atoms with Crippen molar-refractivity contribution in [3.05, 3.63) is 23.8 Å². The van der Waals surface area contributed by atoms with Crippen LogP contribution in [0.25, 0.3) is 0 Å². The quantitative estimate of drug-likeness (QED) is 0.698. The maximum atomic E-state index is 12.7. The molecule has 3 heterocycles. The van der Waals surface area contributed by atoms with E-state index in [4.69, 9.17) is 14.2 Å². The van der Waals surface area contributed by atoms with Crippen molar-refractivity contribution in [1.82, 2.24) is 4.90 Å². The van der Waals surface area contributed by atoms with Crippen LogP contribution in [-0.4, -0.2) is 48.7 Å². The van der Waals surface area contributed by atoms with E-state index in [0.717, 1.165) is 24.2 Å². The maximum Gasteiger partial charge on any atom is 0.235 e. The van der Waals surface area contributed by atoms with Crippen LogP contribution in [0.5, 0.6) is 11.5 Å². The summed E-state index contributed by atoms with van der Waals surface area (Å²) in [5, 5.41) is 0.